The van der Waals surface area contributed by atoms with Crippen LogP contribution in [0.4, 0.5) is 0 Å². The van der Waals surface area contributed by atoms with E-state index in [1.165, 1.54) is 6.08 Å². The number of benzene rings is 1. The highest BCUT2D eigenvalue weighted by Gasteiger charge is 2.35. The normalized spacial score (nSPS) is 14.8. The van der Waals surface area contributed by atoms with Gasteiger partial charge in [0, 0.05) is 29.9 Å². The maximum absolute atomic E-state index is 12.6. The van der Waals surface area contributed by atoms with Crippen molar-refractivity contribution in [1.29, 1.82) is 0 Å². The summed E-state index contributed by atoms with van der Waals surface area (Å²) in [6.07, 6.45) is 5.55. The molecule has 2 aromatic heterocycles. The Hall–Kier alpha value is -3.58. The minimum atomic E-state index is -1.32. The number of hydrogen-bond acceptors (Lipinski definition) is 5. The third-order valence-electron chi connectivity index (χ3n) is 4.42. The van der Waals surface area contributed by atoms with Crippen LogP contribution in [0.5, 0.6) is 0 Å². The summed E-state index contributed by atoms with van der Waals surface area (Å²) in [5, 5.41) is 13.2. The number of ether oxygens (including phenoxy) is 1. The number of aromatic amines is 1. The van der Waals surface area contributed by atoms with E-state index < -0.39 is 17.3 Å². The Balaban J connectivity index is 0.00000240. The number of fused-ring (bicyclic) bond motifs is 1. The number of aliphatic carboxylic acids is 1. The van der Waals surface area contributed by atoms with E-state index in [9.17, 15) is 14.7 Å². The third-order valence-corrected chi connectivity index (χ3v) is 4.42. The van der Waals surface area contributed by atoms with E-state index in [0.717, 1.165) is 10.9 Å². The van der Waals surface area contributed by atoms with Crippen molar-refractivity contribution in [2.24, 2.45) is 0 Å². The molecule has 1 aliphatic rings. The van der Waals surface area contributed by atoms with Crippen molar-refractivity contribution in [2.75, 3.05) is 6.54 Å². The summed E-state index contributed by atoms with van der Waals surface area (Å²) < 4.78 is 5.57. The number of hydrogen-bond donors (Lipinski definition) is 3. The van der Waals surface area contributed by atoms with Gasteiger partial charge in [-0.2, -0.15) is 0 Å². The number of rotatable bonds is 6. The SMILES string of the molecule is Cl.O=C(O)C1=C(NCCc2ccccc2)OC(=Cc2c[nH]c3ncccc23)C1=O. The summed E-state index contributed by atoms with van der Waals surface area (Å²) in [4.78, 5) is 31.3. The van der Waals surface area contributed by atoms with Gasteiger partial charge in [-0.25, -0.2) is 9.78 Å². The number of ketones is 1. The highest BCUT2D eigenvalue weighted by Crippen LogP contribution is 2.27. The fourth-order valence-corrected chi connectivity index (χ4v) is 3.05. The third kappa shape index (κ3) is 4.14. The molecule has 3 N–H and O–H groups in total. The van der Waals surface area contributed by atoms with Crippen molar-refractivity contribution in [3.8, 4) is 0 Å². The smallest absolute Gasteiger partial charge is 0.345 e. The number of allylic oxidation sites excluding steroid dienone is 1. The van der Waals surface area contributed by atoms with Gasteiger partial charge in [0.25, 0.3) is 0 Å². The van der Waals surface area contributed by atoms with Crippen molar-refractivity contribution in [3.05, 3.63) is 83.2 Å². The van der Waals surface area contributed by atoms with Crippen LogP contribution in [-0.2, 0) is 20.7 Å². The van der Waals surface area contributed by atoms with E-state index in [2.05, 4.69) is 15.3 Å². The summed E-state index contributed by atoms with van der Waals surface area (Å²) in [7, 11) is 0. The first-order valence-electron chi connectivity index (χ1n) is 8.75. The molecular weight excluding hydrogens is 394 g/mol. The van der Waals surface area contributed by atoms with Crippen LogP contribution in [0.15, 0.2) is 72.1 Å². The molecule has 0 fully saturated rings. The number of carboxylic acids is 1. The average molecular weight is 412 g/mol. The Kier molecular flexibility index (Phi) is 5.99. The molecule has 0 radical (unpaired) electrons. The quantitative estimate of drug-likeness (QED) is 0.425. The molecule has 0 bridgehead atoms. The zero-order valence-electron chi connectivity index (χ0n) is 15.2. The van der Waals surface area contributed by atoms with E-state index in [-0.39, 0.29) is 24.0 Å². The molecule has 0 saturated heterocycles. The van der Waals surface area contributed by atoms with Crippen LogP contribution in [0.3, 0.4) is 0 Å². The molecule has 3 aromatic rings. The van der Waals surface area contributed by atoms with Crippen LogP contribution in [0.2, 0.25) is 0 Å². The van der Waals surface area contributed by atoms with Gasteiger partial charge < -0.3 is 20.1 Å². The summed E-state index contributed by atoms with van der Waals surface area (Å²) in [5.41, 5.74) is 2.07. The van der Waals surface area contributed by atoms with Crippen molar-refractivity contribution in [2.45, 2.75) is 6.42 Å². The first-order valence-corrected chi connectivity index (χ1v) is 8.75. The van der Waals surface area contributed by atoms with E-state index in [1.807, 2.05) is 36.4 Å². The molecule has 148 valence electrons. The van der Waals surface area contributed by atoms with Gasteiger partial charge in [-0.05, 0) is 30.2 Å². The van der Waals surface area contributed by atoms with Crippen LogP contribution in [0.25, 0.3) is 17.1 Å². The molecule has 0 spiro atoms. The molecule has 0 amide bonds. The number of aromatic nitrogens is 2. The number of halogens is 1. The maximum Gasteiger partial charge on any atom is 0.345 e. The van der Waals surface area contributed by atoms with Crippen LogP contribution < -0.4 is 5.32 Å². The van der Waals surface area contributed by atoms with Crippen LogP contribution >= 0.6 is 12.4 Å². The summed E-state index contributed by atoms with van der Waals surface area (Å²) in [6.45, 7) is 0.438. The molecule has 0 aliphatic carbocycles. The average Bonchev–Trinajstić information content (AvgIpc) is 3.24. The van der Waals surface area contributed by atoms with Gasteiger partial charge in [0.05, 0.1) is 0 Å². The fourth-order valence-electron chi connectivity index (χ4n) is 3.05. The fraction of sp³-hybridized carbons (Fsp3) is 0.0952. The minimum absolute atomic E-state index is 0. The molecule has 8 heteroatoms. The zero-order valence-corrected chi connectivity index (χ0v) is 16.0. The second kappa shape index (κ2) is 8.62. The van der Waals surface area contributed by atoms with Gasteiger partial charge in [0.15, 0.2) is 11.3 Å². The van der Waals surface area contributed by atoms with E-state index >= 15 is 0 Å². The first-order chi connectivity index (χ1) is 13.6. The van der Waals surface area contributed by atoms with Crippen molar-refractivity contribution in [3.63, 3.8) is 0 Å². The van der Waals surface area contributed by atoms with Gasteiger partial charge >= 0.3 is 5.97 Å². The summed E-state index contributed by atoms with van der Waals surface area (Å²) in [5.74, 6) is -2.05. The Morgan fingerprint density at radius 3 is 2.76 bits per heavy atom. The molecule has 4 rings (SSSR count). The van der Waals surface area contributed by atoms with Crippen LogP contribution in [0, 0.1) is 0 Å². The number of nitrogens with zero attached hydrogens (tertiary/aromatic N) is 1. The van der Waals surface area contributed by atoms with Crippen molar-refractivity contribution >= 4 is 41.3 Å². The van der Waals surface area contributed by atoms with Crippen molar-refractivity contribution < 1.29 is 19.4 Å². The van der Waals surface area contributed by atoms with Crippen LogP contribution in [0.1, 0.15) is 11.1 Å². The Morgan fingerprint density at radius 2 is 2.00 bits per heavy atom. The molecule has 0 atom stereocenters. The van der Waals surface area contributed by atoms with Gasteiger partial charge in [-0.1, -0.05) is 30.3 Å². The van der Waals surface area contributed by atoms with Gasteiger partial charge in [0.1, 0.15) is 5.65 Å². The van der Waals surface area contributed by atoms with Gasteiger partial charge in [0.2, 0.25) is 11.7 Å². The molecule has 1 aromatic carbocycles. The number of carbonyl (C=O) groups excluding carboxylic acids is 1. The lowest BCUT2D eigenvalue weighted by Gasteiger charge is -2.08. The van der Waals surface area contributed by atoms with E-state index in [0.29, 0.717) is 24.2 Å². The molecule has 3 heterocycles. The largest absolute Gasteiger partial charge is 0.477 e. The van der Waals surface area contributed by atoms with E-state index in [1.54, 1.807) is 18.5 Å². The second-order valence-electron chi connectivity index (χ2n) is 6.26. The Morgan fingerprint density at radius 1 is 1.21 bits per heavy atom. The monoisotopic (exact) mass is 411 g/mol. The zero-order chi connectivity index (χ0) is 19.5. The van der Waals surface area contributed by atoms with Gasteiger partial charge in [-0.3, -0.25) is 4.79 Å². The van der Waals surface area contributed by atoms with Crippen molar-refractivity contribution in [1.82, 2.24) is 15.3 Å². The Bertz CT molecular complexity index is 1120. The predicted molar refractivity (Wildman–Crippen MR) is 110 cm³/mol. The number of nitrogens with one attached hydrogen (secondary N) is 2. The summed E-state index contributed by atoms with van der Waals surface area (Å²) in [6, 6.07) is 13.4. The number of pyridine rings is 1. The molecule has 1 aliphatic heterocycles. The number of carboxylic acid groups (broad SMARTS) is 1. The highest BCUT2D eigenvalue weighted by molar-refractivity contribution is 6.26. The molecule has 0 saturated carbocycles. The predicted octanol–water partition coefficient (Wildman–Crippen LogP) is 3.05. The minimum Gasteiger partial charge on any atom is -0.477 e. The van der Waals surface area contributed by atoms with Gasteiger partial charge in [-0.15, -0.1) is 12.4 Å². The number of carbonyl (C=O) groups is 2. The molecule has 7 nitrogen and oxygen atoms in total. The topological polar surface area (TPSA) is 104 Å². The van der Waals surface area contributed by atoms with Crippen LogP contribution in [-0.4, -0.2) is 33.4 Å². The highest BCUT2D eigenvalue weighted by atomic mass is 35.5. The standard InChI is InChI=1S/C21H17N3O4.ClH/c25-18-16(11-14-12-24-19-15(14)7-4-9-22-19)28-20(17(18)21(26)27)23-10-8-13-5-2-1-3-6-13;/h1-7,9,11-12,23H,8,10H2,(H,22,24)(H,26,27);1H. The lowest BCUT2D eigenvalue weighted by molar-refractivity contribution is -0.134. The second-order valence-corrected chi connectivity index (χ2v) is 6.26. The molecule has 0 unspecified atom stereocenters. The lowest BCUT2D eigenvalue weighted by atomic mass is 10.1. The first kappa shape index (κ1) is 20.2. The molecular formula is C21H18ClN3O4. The number of Topliss-reactive ketones (excluding diaryl/α,β-unsaturated/α-hetero) is 1. The number of H-pyrrole nitrogens is 1. The molecule has 29 heavy (non-hydrogen) atoms. The lowest BCUT2D eigenvalue weighted by Crippen LogP contribution is -2.20. The Labute approximate surface area is 172 Å². The maximum atomic E-state index is 12.6. The summed E-state index contributed by atoms with van der Waals surface area (Å²) >= 11 is 0. The van der Waals surface area contributed by atoms with E-state index in [4.69, 9.17) is 4.74 Å².